The van der Waals surface area contributed by atoms with E-state index in [1.54, 1.807) is 11.3 Å². The predicted molar refractivity (Wildman–Crippen MR) is 148 cm³/mol. The summed E-state index contributed by atoms with van der Waals surface area (Å²) in [6, 6.07) is 25.0. The second-order valence-corrected chi connectivity index (χ2v) is 10.5. The van der Waals surface area contributed by atoms with Crippen LogP contribution >= 0.6 is 11.3 Å². The Morgan fingerprint density at radius 3 is 2.22 bits per heavy atom. The van der Waals surface area contributed by atoms with Gasteiger partial charge >= 0.3 is 0 Å². The lowest BCUT2D eigenvalue weighted by atomic mass is 9.88. The van der Waals surface area contributed by atoms with Gasteiger partial charge in [0.05, 0.1) is 23.4 Å². The van der Waals surface area contributed by atoms with Crippen molar-refractivity contribution in [2.24, 2.45) is 0 Å². The van der Waals surface area contributed by atoms with E-state index in [0.717, 1.165) is 59.3 Å². The summed E-state index contributed by atoms with van der Waals surface area (Å²) in [5.74, 6) is 0.0955. The zero-order chi connectivity index (χ0) is 24.9. The van der Waals surface area contributed by atoms with Gasteiger partial charge in [-0.2, -0.15) is 0 Å². The van der Waals surface area contributed by atoms with E-state index in [0.29, 0.717) is 13.0 Å². The van der Waals surface area contributed by atoms with Crippen molar-refractivity contribution in [2.45, 2.75) is 26.2 Å². The molecule has 5 nitrogen and oxygen atoms in total. The summed E-state index contributed by atoms with van der Waals surface area (Å²) in [6.07, 6.45) is 0.394. The Morgan fingerprint density at radius 2 is 1.58 bits per heavy atom. The van der Waals surface area contributed by atoms with Crippen molar-refractivity contribution in [3.05, 3.63) is 95.1 Å². The maximum atomic E-state index is 14.0. The Kier molecular flexibility index (Phi) is 7.75. The molecule has 1 aromatic heterocycles. The molecule has 6 heteroatoms. The van der Waals surface area contributed by atoms with Gasteiger partial charge in [-0.3, -0.25) is 14.6 Å². The van der Waals surface area contributed by atoms with Crippen LogP contribution in [0.25, 0.3) is 10.2 Å². The number of thiazole rings is 1. The number of fused-ring (bicyclic) bond motifs is 1. The fourth-order valence-corrected chi connectivity index (χ4v) is 5.85. The number of carbonyl (C=O) groups excluding carboxylic acids is 1. The number of morpholine rings is 1. The summed E-state index contributed by atoms with van der Waals surface area (Å²) in [4.78, 5) is 23.3. The summed E-state index contributed by atoms with van der Waals surface area (Å²) in [7, 11) is 0. The first kappa shape index (κ1) is 24.6. The highest BCUT2D eigenvalue weighted by atomic mass is 32.1. The number of benzene rings is 3. The Labute approximate surface area is 217 Å². The van der Waals surface area contributed by atoms with Crippen LogP contribution in [-0.2, 0) is 9.53 Å². The van der Waals surface area contributed by atoms with Crippen LogP contribution in [0.2, 0.25) is 0 Å². The maximum Gasteiger partial charge on any atom is 0.229 e. The standard InChI is InChI=1S/C30H33N3O2S/c1-22-19-27-28(20-23(22)2)36-30(31-27)33(14-13-32-15-17-35-18-16-32)29(34)21-26(24-9-5-3-6-10-24)25-11-7-4-8-12-25/h3-12,19-20,26H,13-18,21H2,1-2H3. The lowest BCUT2D eigenvalue weighted by Gasteiger charge is -2.30. The second kappa shape index (κ2) is 11.3. The van der Waals surface area contributed by atoms with Crippen molar-refractivity contribution in [2.75, 3.05) is 44.3 Å². The number of carbonyl (C=O) groups is 1. The molecule has 4 aromatic rings. The number of hydrogen-bond acceptors (Lipinski definition) is 5. The molecule has 1 aliphatic heterocycles. The third kappa shape index (κ3) is 5.67. The average molecular weight is 500 g/mol. The van der Waals surface area contributed by atoms with Gasteiger partial charge in [-0.05, 0) is 48.2 Å². The van der Waals surface area contributed by atoms with E-state index in [-0.39, 0.29) is 11.8 Å². The number of anilines is 1. The van der Waals surface area contributed by atoms with Gasteiger partial charge in [-0.1, -0.05) is 72.0 Å². The van der Waals surface area contributed by atoms with Crippen LogP contribution in [0.1, 0.15) is 34.6 Å². The third-order valence-electron chi connectivity index (χ3n) is 7.05. The summed E-state index contributed by atoms with van der Waals surface area (Å²) < 4.78 is 6.64. The summed E-state index contributed by atoms with van der Waals surface area (Å²) in [5.41, 5.74) is 5.74. The van der Waals surface area contributed by atoms with E-state index < -0.39 is 0 Å². The molecule has 1 aliphatic rings. The molecule has 3 aromatic carbocycles. The Bertz CT molecular complexity index is 1220. The smallest absolute Gasteiger partial charge is 0.229 e. The van der Waals surface area contributed by atoms with Gasteiger partial charge < -0.3 is 4.74 Å². The van der Waals surface area contributed by atoms with Crippen LogP contribution in [0.5, 0.6) is 0 Å². The van der Waals surface area contributed by atoms with Crippen molar-refractivity contribution in [3.8, 4) is 0 Å². The van der Waals surface area contributed by atoms with Crippen molar-refractivity contribution in [1.29, 1.82) is 0 Å². The molecule has 0 N–H and O–H groups in total. The minimum absolute atomic E-state index is 0.00958. The normalized spacial score (nSPS) is 14.4. The Hall–Kier alpha value is -3.06. The average Bonchev–Trinajstić information content (AvgIpc) is 3.31. The summed E-state index contributed by atoms with van der Waals surface area (Å²) in [5, 5.41) is 0.785. The van der Waals surface area contributed by atoms with Crippen molar-refractivity contribution < 1.29 is 9.53 Å². The molecule has 0 aliphatic carbocycles. The zero-order valence-electron chi connectivity index (χ0n) is 21.0. The van der Waals surface area contributed by atoms with Gasteiger partial charge in [0.15, 0.2) is 5.13 Å². The number of hydrogen-bond donors (Lipinski definition) is 0. The fourth-order valence-electron chi connectivity index (χ4n) is 4.76. The van der Waals surface area contributed by atoms with Gasteiger partial charge in [-0.15, -0.1) is 0 Å². The molecular formula is C30H33N3O2S. The number of nitrogens with zero attached hydrogens (tertiary/aromatic N) is 3. The highest BCUT2D eigenvalue weighted by molar-refractivity contribution is 7.22. The molecule has 0 spiro atoms. The molecule has 1 fully saturated rings. The van der Waals surface area contributed by atoms with Crippen LogP contribution in [0.4, 0.5) is 5.13 Å². The Morgan fingerprint density at radius 1 is 0.972 bits per heavy atom. The monoisotopic (exact) mass is 499 g/mol. The first-order chi connectivity index (χ1) is 17.6. The minimum atomic E-state index is -0.00958. The topological polar surface area (TPSA) is 45.7 Å². The van der Waals surface area contributed by atoms with Crippen LogP contribution in [0.15, 0.2) is 72.8 Å². The minimum Gasteiger partial charge on any atom is -0.379 e. The summed E-state index contributed by atoms with van der Waals surface area (Å²) in [6.45, 7) is 8.96. The van der Waals surface area contributed by atoms with E-state index in [4.69, 9.17) is 9.72 Å². The highest BCUT2D eigenvalue weighted by Crippen LogP contribution is 2.34. The van der Waals surface area contributed by atoms with Gasteiger partial charge in [-0.25, -0.2) is 4.98 Å². The quantitative estimate of drug-likeness (QED) is 0.307. The molecule has 0 saturated carbocycles. The van der Waals surface area contributed by atoms with E-state index in [1.165, 1.54) is 11.1 Å². The zero-order valence-corrected chi connectivity index (χ0v) is 21.8. The van der Waals surface area contributed by atoms with E-state index in [9.17, 15) is 4.79 Å². The number of ether oxygens (including phenoxy) is 1. The van der Waals surface area contributed by atoms with Crippen molar-refractivity contribution in [1.82, 2.24) is 9.88 Å². The second-order valence-electron chi connectivity index (χ2n) is 9.48. The number of amides is 1. The molecule has 5 rings (SSSR count). The molecule has 1 saturated heterocycles. The van der Waals surface area contributed by atoms with Crippen LogP contribution in [0.3, 0.4) is 0 Å². The van der Waals surface area contributed by atoms with Gasteiger partial charge in [0.1, 0.15) is 0 Å². The molecule has 0 atom stereocenters. The van der Waals surface area contributed by atoms with Crippen molar-refractivity contribution >= 4 is 32.6 Å². The molecule has 0 bridgehead atoms. The maximum absolute atomic E-state index is 14.0. The first-order valence-corrected chi connectivity index (χ1v) is 13.5. The predicted octanol–water partition coefficient (Wildman–Crippen LogP) is 5.80. The lowest BCUT2D eigenvalue weighted by Crippen LogP contribution is -2.43. The van der Waals surface area contributed by atoms with Gasteiger partial charge in [0.25, 0.3) is 0 Å². The molecule has 2 heterocycles. The highest BCUT2D eigenvalue weighted by Gasteiger charge is 2.26. The molecular weight excluding hydrogens is 466 g/mol. The van der Waals surface area contributed by atoms with Gasteiger partial charge in [0, 0.05) is 38.5 Å². The first-order valence-electron chi connectivity index (χ1n) is 12.7. The summed E-state index contributed by atoms with van der Waals surface area (Å²) >= 11 is 1.61. The molecule has 1 amide bonds. The van der Waals surface area contributed by atoms with Gasteiger partial charge in [0.2, 0.25) is 5.91 Å². The number of aromatic nitrogens is 1. The largest absolute Gasteiger partial charge is 0.379 e. The van der Waals surface area contributed by atoms with Crippen LogP contribution in [-0.4, -0.2) is 55.2 Å². The molecule has 0 unspecified atom stereocenters. The lowest BCUT2D eigenvalue weighted by molar-refractivity contribution is -0.118. The Balaban J connectivity index is 1.46. The molecule has 36 heavy (non-hydrogen) atoms. The van der Waals surface area contributed by atoms with E-state index in [2.05, 4.69) is 55.1 Å². The van der Waals surface area contributed by atoms with E-state index in [1.807, 2.05) is 41.3 Å². The molecule has 186 valence electrons. The number of rotatable bonds is 8. The fraction of sp³-hybridized carbons (Fsp3) is 0.333. The van der Waals surface area contributed by atoms with Crippen molar-refractivity contribution in [3.63, 3.8) is 0 Å². The van der Waals surface area contributed by atoms with E-state index >= 15 is 0 Å². The number of aryl methyl sites for hydroxylation is 2. The van der Waals surface area contributed by atoms with Crippen LogP contribution < -0.4 is 4.90 Å². The SMILES string of the molecule is Cc1cc2nc(N(CCN3CCOCC3)C(=O)CC(c3ccccc3)c3ccccc3)sc2cc1C. The van der Waals surface area contributed by atoms with Crippen LogP contribution in [0, 0.1) is 13.8 Å². The molecule has 0 radical (unpaired) electrons. The third-order valence-corrected chi connectivity index (χ3v) is 8.09.